The largest absolute Gasteiger partial charge is 0.358 e. The van der Waals surface area contributed by atoms with E-state index in [-0.39, 0.29) is 12.5 Å². The van der Waals surface area contributed by atoms with Crippen LogP contribution >= 0.6 is 0 Å². The first-order valence-electron chi connectivity index (χ1n) is 3.59. The Labute approximate surface area is 64.7 Å². The van der Waals surface area contributed by atoms with E-state index in [1.54, 1.807) is 7.05 Å². The molecule has 1 heterocycles. The quantitative estimate of drug-likeness (QED) is 0.479. The zero-order valence-electron chi connectivity index (χ0n) is 6.43. The van der Waals surface area contributed by atoms with Gasteiger partial charge in [0.15, 0.2) is 0 Å². The zero-order chi connectivity index (χ0) is 8.27. The van der Waals surface area contributed by atoms with Gasteiger partial charge in [-0.15, -0.1) is 9.60 Å². The summed E-state index contributed by atoms with van der Waals surface area (Å²) in [5.41, 5.74) is 0. The highest BCUT2D eigenvalue weighted by molar-refractivity contribution is 5.81. The molecule has 2 N–H and O–H groups in total. The van der Waals surface area contributed by atoms with Gasteiger partial charge in [0.25, 0.3) is 0 Å². The van der Waals surface area contributed by atoms with E-state index in [0.29, 0.717) is 18.2 Å². The van der Waals surface area contributed by atoms with Crippen LogP contribution in [0.1, 0.15) is 0 Å². The Morgan fingerprint density at radius 3 is 3.09 bits per heavy atom. The summed E-state index contributed by atoms with van der Waals surface area (Å²) in [6.07, 6.45) is 0. The maximum atomic E-state index is 12.5. The molecule has 1 fully saturated rings. The molecule has 0 aromatic rings. The number of carbonyl (C=O) groups is 1. The standard InChI is InChI=1S/C6H12FN3O/c1-8-6(11)5-4-10(7)3-2-9-5/h5,9H,2-4H2,1H3,(H,8,11). The van der Waals surface area contributed by atoms with Gasteiger partial charge in [0.2, 0.25) is 5.91 Å². The number of nitrogens with zero attached hydrogens (tertiary/aromatic N) is 1. The van der Waals surface area contributed by atoms with Gasteiger partial charge in [-0.2, -0.15) is 0 Å². The fourth-order valence-electron chi connectivity index (χ4n) is 1.06. The average molecular weight is 161 g/mol. The number of nitrogens with one attached hydrogen (secondary N) is 2. The van der Waals surface area contributed by atoms with Crippen LogP contribution in [0, 0.1) is 0 Å². The van der Waals surface area contributed by atoms with E-state index < -0.39 is 6.04 Å². The minimum Gasteiger partial charge on any atom is -0.358 e. The van der Waals surface area contributed by atoms with Gasteiger partial charge in [-0.1, -0.05) is 0 Å². The summed E-state index contributed by atoms with van der Waals surface area (Å²) in [5, 5.41) is 6.02. The van der Waals surface area contributed by atoms with Gasteiger partial charge >= 0.3 is 0 Å². The molecule has 1 aliphatic rings. The number of rotatable bonds is 1. The lowest BCUT2D eigenvalue weighted by Gasteiger charge is -2.26. The van der Waals surface area contributed by atoms with Crippen molar-refractivity contribution >= 4 is 5.91 Å². The van der Waals surface area contributed by atoms with Crippen molar-refractivity contribution in [2.75, 3.05) is 26.7 Å². The highest BCUT2D eigenvalue weighted by Crippen LogP contribution is 1.98. The van der Waals surface area contributed by atoms with Gasteiger partial charge in [0.05, 0.1) is 6.54 Å². The molecule has 1 amide bonds. The minimum absolute atomic E-state index is 0.139. The molecular formula is C6H12FN3O. The van der Waals surface area contributed by atoms with Crippen LogP contribution in [-0.2, 0) is 4.79 Å². The number of hydrogen-bond acceptors (Lipinski definition) is 3. The second-order valence-electron chi connectivity index (χ2n) is 2.49. The van der Waals surface area contributed by atoms with E-state index in [1.807, 2.05) is 0 Å². The predicted molar refractivity (Wildman–Crippen MR) is 38.5 cm³/mol. The van der Waals surface area contributed by atoms with Crippen LogP contribution in [0.3, 0.4) is 0 Å². The van der Waals surface area contributed by atoms with Crippen molar-refractivity contribution in [3.05, 3.63) is 0 Å². The molecule has 0 saturated carbocycles. The first-order valence-corrected chi connectivity index (χ1v) is 3.59. The van der Waals surface area contributed by atoms with Gasteiger partial charge in [-0.05, 0) is 0 Å². The van der Waals surface area contributed by atoms with Crippen LogP contribution in [-0.4, -0.2) is 43.8 Å². The Bertz CT molecular complexity index is 153. The van der Waals surface area contributed by atoms with Gasteiger partial charge in [-0.25, -0.2) is 0 Å². The summed E-state index contributed by atoms with van der Waals surface area (Å²) in [6, 6.07) is -0.404. The summed E-state index contributed by atoms with van der Waals surface area (Å²) >= 11 is 0. The highest BCUT2D eigenvalue weighted by Gasteiger charge is 2.23. The van der Waals surface area contributed by atoms with E-state index in [0.717, 1.165) is 0 Å². The molecule has 0 aliphatic carbocycles. The number of piperazine rings is 1. The molecule has 0 aromatic carbocycles. The van der Waals surface area contributed by atoms with Crippen molar-refractivity contribution in [2.24, 2.45) is 0 Å². The molecule has 1 unspecified atom stereocenters. The first kappa shape index (κ1) is 8.42. The minimum atomic E-state index is -0.404. The molecule has 0 aromatic heterocycles. The Morgan fingerprint density at radius 1 is 1.82 bits per heavy atom. The molecular weight excluding hydrogens is 149 g/mol. The number of halogens is 1. The smallest absolute Gasteiger partial charge is 0.238 e. The molecule has 64 valence electrons. The molecule has 1 rings (SSSR count). The molecule has 1 saturated heterocycles. The van der Waals surface area contributed by atoms with Crippen LogP contribution in [0.5, 0.6) is 0 Å². The highest BCUT2D eigenvalue weighted by atomic mass is 19.2. The monoisotopic (exact) mass is 161 g/mol. The lowest BCUT2D eigenvalue weighted by molar-refractivity contribution is -0.126. The van der Waals surface area contributed by atoms with E-state index in [9.17, 15) is 9.28 Å². The van der Waals surface area contributed by atoms with E-state index in [2.05, 4.69) is 10.6 Å². The summed E-state index contributed by atoms with van der Waals surface area (Å²) < 4.78 is 12.5. The van der Waals surface area contributed by atoms with Crippen LogP contribution in [0.25, 0.3) is 0 Å². The lowest BCUT2D eigenvalue weighted by atomic mass is 10.2. The third kappa shape index (κ3) is 2.13. The molecule has 0 spiro atoms. The Balaban J connectivity index is 2.39. The van der Waals surface area contributed by atoms with Crippen LogP contribution in [0.15, 0.2) is 0 Å². The lowest BCUT2D eigenvalue weighted by Crippen LogP contribution is -2.54. The number of likely N-dealkylation sites (N-methyl/N-ethyl adjacent to an activating group) is 1. The Hall–Kier alpha value is -0.680. The fraction of sp³-hybridized carbons (Fsp3) is 0.833. The predicted octanol–water partition coefficient (Wildman–Crippen LogP) is -1.11. The van der Waals surface area contributed by atoms with Gasteiger partial charge in [-0.3, -0.25) is 4.79 Å². The second kappa shape index (κ2) is 3.64. The number of hydrogen-bond donors (Lipinski definition) is 2. The Kier molecular flexibility index (Phi) is 2.78. The summed E-state index contributed by atoms with van der Waals surface area (Å²) in [6.45, 7) is 1.02. The SMILES string of the molecule is CNC(=O)C1CN(F)CCN1. The normalized spacial score (nSPS) is 26.5. The van der Waals surface area contributed by atoms with Gasteiger partial charge < -0.3 is 10.6 Å². The third-order valence-corrected chi connectivity index (χ3v) is 1.69. The topological polar surface area (TPSA) is 44.4 Å². The summed E-state index contributed by atoms with van der Waals surface area (Å²) in [7, 11) is 1.54. The molecule has 1 atom stereocenters. The summed E-state index contributed by atoms with van der Waals surface area (Å²) in [5.74, 6) is -0.160. The van der Waals surface area contributed by atoms with Crippen molar-refractivity contribution in [1.29, 1.82) is 0 Å². The maximum absolute atomic E-state index is 12.5. The van der Waals surface area contributed by atoms with E-state index >= 15 is 0 Å². The average Bonchev–Trinajstić information content (AvgIpc) is 2.03. The Morgan fingerprint density at radius 2 is 2.55 bits per heavy atom. The third-order valence-electron chi connectivity index (χ3n) is 1.69. The van der Waals surface area contributed by atoms with E-state index in [4.69, 9.17) is 0 Å². The van der Waals surface area contributed by atoms with Gasteiger partial charge in [0.1, 0.15) is 6.04 Å². The van der Waals surface area contributed by atoms with E-state index in [1.165, 1.54) is 0 Å². The molecule has 4 nitrogen and oxygen atoms in total. The zero-order valence-corrected chi connectivity index (χ0v) is 6.43. The van der Waals surface area contributed by atoms with Crippen LogP contribution < -0.4 is 10.6 Å². The van der Waals surface area contributed by atoms with Crippen molar-refractivity contribution in [1.82, 2.24) is 15.8 Å². The molecule has 11 heavy (non-hydrogen) atoms. The number of carbonyl (C=O) groups excluding carboxylic acids is 1. The number of amides is 1. The van der Waals surface area contributed by atoms with Crippen LogP contribution in [0.2, 0.25) is 0 Å². The molecule has 1 aliphatic heterocycles. The molecule has 0 radical (unpaired) electrons. The fourth-order valence-corrected chi connectivity index (χ4v) is 1.06. The van der Waals surface area contributed by atoms with Crippen molar-refractivity contribution in [2.45, 2.75) is 6.04 Å². The summed E-state index contributed by atoms with van der Waals surface area (Å²) in [4.78, 5) is 10.9. The van der Waals surface area contributed by atoms with Crippen LogP contribution in [0.4, 0.5) is 4.48 Å². The maximum Gasteiger partial charge on any atom is 0.238 e. The first-order chi connectivity index (χ1) is 5.24. The molecule has 0 bridgehead atoms. The van der Waals surface area contributed by atoms with Crippen molar-refractivity contribution in [3.63, 3.8) is 0 Å². The second-order valence-corrected chi connectivity index (χ2v) is 2.49. The van der Waals surface area contributed by atoms with Crippen molar-refractivity contribution < 1.29 is 9.28 Å². The molecule has 5 heteroatoms. The van der Waals surface area contributed by atoms with Gasteiger partial charge in [0, 0.05) is 20.1 Å². The van der Waals surface area contributed by atoms with Crippen molar-refractivity contribution in [3.8, 4) is 0 Å².